The van der Waals surface area contributed by atoms with Gasteiger partial charge in [0.15, 0.2) is 11.5 Å². The predicted octanol–water partition coefficient (Wildman–Crippen LogP) is 5.00. The second kappa shape index (κ2) is 12.6. The van der Waals surface area contributed by atoms with Crippen LogP contribution in [0.5, 0.6) is 11.5 Å². The van der Waals surface area contributed by atoms with Crippen LogP contribution >= 0.6 is 0 Å². The fraction of sp³-hybridized carbons (Fsp3) is 0.346. The average molecular weight is 466 g/mol. The molecule has 3 rings (SSSR count). The molecule has 1 aromatic heterocycles. The molecule has 1 atom stereocenters. The maximum Gasteiger partial charge on any atom is 0.338 e. The number of hydrogen-bond acceptors (Lipinski definition) is 8. The molecule has 2 aromatic carbocycles. The molecule has 0 spiro atoms. The molecular weight excluding hydrogens is 434 g/mol. The van der Waals surface area contributed by atoms with Gasteiger partial charge in [0.25, 0.3) is 0 Å². The number of nitrogens with zero attached hydrogens (tertiary/aromatic N) is 2. The van der Waals surface area contributed by atoms with Gasteiger partial charge in [0.2, 0.25) is 0 Å². The SMILES string of the molecule is CCCC(Nc1cncc(-c2ccc(O)c(OC)c2)n1)c1cccc(C(=O)OCCOCC)c1. The van der Waals surface area contributed by atoms with Gasteiger partial charge in [-0.25, -0.2) is 9.78 Å². The molecule has 0 saturated heterocycles. The third-order valence-corrected chi connectivity index (χ3v) is 5.20. The van der Waals surface area contributed by atoms with Crippen LogP contribution in [0.4, 0.5) is 5.82 Å². The van der Waals surface area contributed by atoms with Crippen LogP contribution in [0.1, 0.15) is 48.7 Å². The second-order valence-electron chi connectivity index (χ2n) is 7.62. The first-order valence-electron chi connectivity index (χ1n) is 11.4. The number of esters is 1. The lowest BCUT2D eigenvalue weighted by Crippen LogP contribution is -2.14. The number of rotatable bonds is 12. The Labute approximate surface area is 199 Å². The number of hydrogen-bond donors (Lipinski definition) is 2. The Bertz CT molecular complexity index is 1090. The van der Waals surface area contributed by atoms with E-state index in [1.54, 1.807) is 36.7 Å². The molecule has 0 aliphatic rings. The van der Waals surface area contributed by atoms with Crippen LogP contribution in [0.15, 0.2) is 54.9 Å². The average Bonchev–Trinajstić information content (AvgIpc) is 2.87. The number of anilines is 1. The highest BCUT2D eigenvalue weighted by Crippen LogP contribution is 2.31. The van der Waals surface area contributed by atoms with Gasteiger partial charge >= 0.3 is 5.97 Å². The van der Waals surface area contributed by atoms with Crippen LogP contribution in [0, 0.1) is 0 Å². The summed E-state index contributed by atoms with van der Waals surface area (Å²) >= 11 is 0. The number of methoxy groups -OCH3 is 1. The maximum absolute atomic E-state index is 12.4. The minimum atomic E-state index is -0.375. The summed E-state index contributed by atoms with van der Waals surface area (Å²) in [5, 5.41) is 13.3. The van der Waals surface area contributed by atoms with E-state index in [0.717, 1.165) is 24.0 Å². The number of benzene rings is 2. The van der Waals surface area contributed by atoms with Gasteiger partial charge in [-0.15, -0.1) is 0 Å². The Morgan fingerprint density at radius 2 is 1.97 bits per heavy atom. The molecule has 3 aromatic rings. The molecule has 8 heteroatoms. The summed E-state index contributed by atoms with van der Waals surface area (Å²) in [6.07, 6.45) is 5.09. The first-order valence-corrected chi connectivity index (χ1v) is 11.4. The highest BCUT2D eigenvalue weighted by Gasteiger charge is 2.16. The van der Waals surface area contributed by atoms with Gasteiger partial charge in [-0.3, -0.25) is 4.98 Å². The summed E-state index contributed by atoms with van der Waals surface area (Å²) in [6.45, 7) is 5.18. The lowest BCUT2D eigenvalue weighted by atomic mass is 10.00. The van der Waals surface area contributed by atoms with Crippen LogP contribution in [0.3, 0.4) is 0 Å². The third-order valence-electron chi connectivity index (χ3n) is 5.20. The lowest BCUT2D eigenvalue weighted by molar-refractivity contribution is 0.0335. The number of phenolic OH excluding ortho intramolecular Hbond substituents is 1. The van der Waals surface area contributed by atoms with Crippen LogP contribution in [0.25, 0.3) is 11.3 Å². The molecule has 0 saturated carbocycles. The Balaban J connectivity index is 1.78. The standard InChI is InChI=1S/C26H31N3O5/c1-4-7-21(18-8-6-9-20(14-18)26(31)34-13-12-33-5-2)28-25-17-27-16-22(29-25)19-10-11-23(30)24(15-19)32-3/h6,8-11,14-17,21,30H,4-5,7,12-13H2,1-3H3,(H,28,29). The molecule has 8 nitrogen and oxygen atoms in total. The summed E-state index contributed by atoms with van der Waals surface area (Å²) in [5.41, 5.74) is 2.87. The van der Waals surface area contributed by atoms with Crippen LogP contribution in [-0.2, 0) is 9.47 Å². The first kappa shape index (κ1) is 25.0. The van der Waals surface area contributed by atoms with Crippen LogP contribution < -0.4 is 10.1 Å². The van der Waals surface area contributed by atoms with E-state index in [4.69, 9.17) is 19.2 Å². The quantitative estimate of drug-likeness (QED) is 0.284. The number of aromatic nitrogens is 2. The van der Waals surface area contributed by atoms with Crippen molar-refractivity contribution in [1.29, 1.82) is 0 Å². The number of ether oxygens (including phenoxy) is 3. The molecule has 2 N–H and O–H groups in total. The van der Waals surface area contributed by atoms with Gasteiger partial charge in [0.05, 0.1) is 43.4 Å². The zero-order valence-electron chi connectivity index (χ0n) is 19.8. The van der Waals surface area contributed by atoms with Crippen molar-refractivity contribution in [3.63, 3.8) is 0 Å². The highest BCUT2D eigenvalue weighted by atomic mass is 16.6. The van der Waals surface area contributed by atoms with E-state index in [0.29, 0.717) is 36.0 Å². The topological polar surface area (TPSA) is 103 Å². The first-order chi connectivity index (χ1) is 16.5. The van der Waals surface area contributed by atoms with Crippen LogP contribution in [0.2, 0.25) is 0 Å². The van der Waals surface area contributed by atoms with Crippen molar-refractivity contribution in [1.82, 2.24) is 9.97 Å². The summed E-state index contributed by atoms with van der Waals surface area (Å²) in [5.74, 6) is 0.659. The Morgan fingerprint density at radius 3 is 2.74 bits per heavy atom. The summed E-state index contributed by atoms with van der Waals surface area (Å²) in [4.78, 5) is 21.4. The number of nitrogens with one attached hydrogen (secondary N) is 1. The molecule has 0 radical (unpaired) electrons. The van der Waals surface area contributed by atoms with Gasteiger partial charge in [-0.05, 0) is 49.2 Å². The van der Waals surface area contributed by atoms with Crippen molar-refractivity contribution in [2.24, 2.45) is 0 Å². The van der Waals surface area contributed by atoms with E-state index in [1.807, 2.05) is 25.1 Å². The second-order valence-corrected chi connectivity index (χ2v) is 7.62. The smallest absolute Gasteiger partial charge is 0.338 e. The summed E-state index contributed by atoms with van der Waals surface area (Å²) in [7, 11) is 1.50. The molecule has 180 valence electrons. The Morgan fingerprint density at radius 1 is 1.12 bits per heavy atom. The summed E-state index contributed by atoms with van der Waals surface area (Å²) in [6, 6.07) is 12.4. The number of carbonyl (C=O) groups excluding carboxylic acids is 1. The lowest BCUT2D eigenvalue weighted by Gasteiger charge is -2.20. The molecule has 0 aliphatic carbocycles. The molecule has 0 amide bonds. The van der Waals surface area contributed by atoms with Crippen molar-refractivity contribution in [2.45, 2.75) is 32.7 Å². The van der Waals surface area contributed by atoms with E-state index >= 15 is 0 Å². The largest absolute Gasteiger partial charge is 0.504 e. The molecule has 1 heterocycles. The zero-order chi connectivity index (χ0) is 24.3. The van der Waals surface area contributed by atoms with Crippen molar-refractivity contribution in [3.05, 3.63) is 66.0 Å². The molecular formula is C26H31N3O5. The Hall–Kier alpha value is -3.65. The van der Waals surface area contributed by atoms with E-state index in [-0.39, 0.29) is 24.4 Å². The number of carbonyl (C=O) groups is 1. The van der Waals surface area contributed by atoms with Gasteiger partial charge < -0.3 is 24.6 Å². The van der Waals surface area contributed by atoms with E-state index in [1.165, 1.54) is 7.11 Å². The van der Waals surface area contributed by atoms with E-state index in [2.05, 4.69) is 17.2 Å². The highest BCUT2D eigenvalue weighted by molar-refractivity contribution is 5.89. The van der Waals surface area contributed by atoms with Gasteiger partial charge in [0, 0.05) is 12.2 Å². The number of aromatic hydroxyl groups is 1. The van der Waals surface area contributed by atoms with Gasteiger partial charge in [-0.1, -0.05) is 25.5 Å². The van der Waals surface area contributed by atoms with E-state index in [9.17, 15) is 9.90 Å². The number of phenols is 1. The fourth-order valence-electron chi connectivity index (χ4n) is 3.50. The normalized spacial score (nSPS) is 11.6. The summed E-state index contributed by atoms with van der Waals surface area (Å²) < 4.78 is 15.7. The van der Waals surface area contributed by atoms with Crippen LogP contribution in [-0.4, -0.2) is 48.0 Å². The van der Waals surface area contributed by atoms with Gasteiger partial charge in [-0.2, -0.15) is 0 Å². The third kappa shape index (κ3) is 6.68. The molecule has 34 heavy (non-hydrogen) atoms. The van der Waals surface area contributed by atoms with Gasteiger partial charge in [0.1, 0.15) is 12.4 Å². The Kier molecular flexibility index (Phi) is 9.22. The minimum Gasteiger partial charge on any atom is -0.504 e. The molecule has 1 unspecified atom stereocenters. The van der Waals surface area contributed by atoms with Crippen molar-refractivity contribution in [2.75, 3.05) is 32.2 Å². The van der Waals surface area contributed by atoms with Crippen molar-refractivity contribution >= 4 is 11.8 Å². The monoisotopic (exact) mass is 465 g/mol. The van der Waals surface area contributed by atoms with Crippen molar-refractivity contribution < 1.29 is 24.1 Å². The minimum absolute atomic E-state index is 0.0628. The maximum atomic E-state index is 12.4. The fourth-order valence-corrected chi connectivity index (χ4v) is 3.50. The van der Waals surface area contributed by atoms with Crippen molar-refractivity contribution in [3.8, 4) is 22.8 Å². The van der Waals surface area contributed by atoms with E-state index < -0.39 is 0 Å². The zero-order valence-corrected chi connectivity index (χ0v) is 19.8. The molecule has 0 bridgehead atoms. The predicted molar refractivity (Wildman–Crippen MR) is 130 cm³/mol. The molecule has 0 fully saturated rings. The molecule has 0 aliphatic heterocycles.